The zero-order valence-corrected chi connectivity index (χ0v) is 20.0. The first kappa shape index (κ1) is 23.5. The molecule has 1 heterocycles. The van der Waals surface area contributed by atoms with Crippen LogP contribution in [-0.4, -0.2) is 46.9 Å². The maximum absolute atomic E-state index is 13.0. The number of nitrogens with zero attached hydrogens (tertiary/aromatic N) is 4. The van der Waals surface area contributed by atoms with E-state index in [1.54, 1.807) is 44.6 Å². The normalized spacial score (nSPS) is 10.7. The second kappa shape index (κ2) is 10.5. The number of rotatable bonds is 8. The van der Waals surface area contributed by atoms with Crippen LogP contribution in [0.2, 0.25) is 10.0 Å². The van der Waals surface area contributed by atoms with Crippen LogP contribution in [0, 0.1) is 0 Å². The minimum Gasteiger partial charge on any atom is -0.493 e. The molecule has 0 saturated carbocycles. The number of hydrogen-bond acceptors (Lipinski definition) is 6. The third-order valence-electron chi connectivity index (χ3n) is 5.18. The Bertz CT molecular complexity index is 1310. The van der Waals surface area contributed by atoms with Gasteiger partial charge in [0.15, 0.2) is 11.5 Å². The predicted octanol–water partition coefficient (Wildman–Crippen LogP) is 4.63. The Morgan fingerprint density at radius 2 is 1.82 bits per heavy atom. The highest BCUT2D eigenvalue weighted by atomic mass is 35.5. The molecule has 1 amide bonds. The summed E-state index contributed by atoms with van der Waals surface area (Å²) in [5.74, 6) is 1.06. The van der Waals surface area contributed by atoms with Gasteiger partial charge in [-0.3, -0.25) is 4.79 Å². The van der Waals surface area contributed by atoms with Crippen molar-refractivity contribution < 1.29 is 14.3 Å². The number of aromatic nitrogens is 4. The molecule has 4 aromatic rings. The summed E-state index contributed by atoms with van der Waals surface area (Å²) in [7, 11) is 3.18. The van der Waals surface area contributed by atoms with E-state index in [0.29, 0.717) is 56.9 Å². The molecule has 0 radical (unpaired) electrons. The summed E-state index contributed by atoms with van der Waals surface area (Å²) >= 11 is 12.6. The Morgan fingerprint density at radius 1 is 1.00 bits per heavy atom. The van der Waals surface area contributed by atoms with Gasteiger partial charge in [0.1, 0.15) is 6.33 Å². The Kier molecular flexibility index (Phi) is 7.30. The number of benzene rings is 3. The van der Waals surface area contributed by atoms with E-state index in [-0.39, 0.29) is 5.91 Å². The van der Waals surface area contributed by atoms with Crippen molar-refractivity contribution in [3.05, 3.63) is 82.1 Å². The largest absolute Gasteiger partial charge is 0.493 e. The Balaban J connectivity index is 1.57. The smallest absolute Gasteiger partial charge is 0.251 e. The lowest BCUT2D eigenvalue weighted by Crippen LogP contribution is -2.26. The molecule has 0 unspecified atom stereocenters. The maximum Gasteiger partial charge on any atom is 0.251 e. The molecule has 0 atom stereocenters. The molecule has 3 aromatic carbocycles. The molecule has 0 fully saturated rings. The summed E-state index contributed by atoms with van der Waals surface area (Å²) in [6, 6.07) is 16.2. The fourth-order valence-corrected chi connectivity index (χ4v) is 3.89. The van der Waals surface area contributed by atoms with Crippen LogP contribution in [-0.2, 0) is 6.42 Å². The van der Waals surface area contributed by atoms with Crippen molar-refractivity contribution in [2.24, 2.45) is 0 Å². The number of amides is 1. The van der Waals surface area contributed by atoms with Crippen molar-refractivity contribution in [3.8, 4) is 28.3 Å². The highest BCUT2D eigenvalue weighted by Crippen LogP contribution is 2.32. The molecule has 0 aliphatic rings. The van der Waals surface area contributed by atoms with Crippen molar-refractivity contribution in [2.75, 3.05) is 20.8 Å². The summed E-state index contributed by atoms with van der Waals surface area (Å²) in [4.78, 5) is 13.0. The molecule has 1 aromatic heterocycles. The second-order valence-corrected chi connectivity index (χ2v) is 8.19. The Hall–Kier alpha value is -3.62. The highest BCUT2D eigenvalue weighted by Gasteiger charge is 2.14. The molecule has 0 spiro atoms. The molecular formula is C24H21Cl2N5O3. The Morgan fingerprint density at radius 3 is 2.56 bits per heavy atom. The van der Waals surface area contributed by atoms with Crippen LogP contribution in [0.5, 0.6) is 11.5 Å². The van der Waals surface area contributed by atoms with Crippen molar-refractivity contribution >= 4 is 29.1 Å². The Labute approximate surface area is 206 Å². The van der Waals surface area contributed by atoms with Gasteiger partial charge in [-0.15, -0.1) is 5.10 Å². The first-order chi connectivity index (χ1) is 16.5. The van der Waals surface area contributed by atoms with Crippen LogP contribution in [0.1, 0.15) is 15.9 Å². The molecule has 8 nitrogen and oxygen atoms in total. The first-order valence-corrected chi connectivity index (χ1v) is 11.1. The van der Waals surface area contributed by atoms with Gasteiger partial charge in [0.2, 0.25) is 0 Å². The summed E-state index contributed by atoms with van der Waals surface area (Å²) in [6.45, 7) is 0.427. The number of nitrogens with one attached hydrogen (secondary N) is 1. The van der Waals surface area contributed by atoms with Crippen LogP contribution in [0.4, 0.5) is 0 Å². The lowest BCUT2D eigenvalue weighted by Gasteiger charge is -2.12. The third-order valence-corrected chi connectivity index (χ3v) is 5.74. The van der Waals surface area contributed by atoms with E-state index in [1.165, 1.54) is 11.0 Å². The second-order valence-electron chi connectivity index (χ2n) is 7.34. The zero-order valence-electron chi connectivity index (χ0n) is 18.5. The molecule has 34 heavy (non-hydrogen) atoms. The topological polar surface area (TPSA) is 91.2 Å². The summed E-state index contributed by atoms with van der Waals surface area (Å²) in [6.07, 6.45) is 2.07. The SMILES string of the molecule is COc1ccc(CCNC(=O)c2cc(-c3cc(Cl)ccc3Cl)cc(-n3cnnn3)c2)cc1OC. The molecule has 0 saturated heterocycles. The van der Waals surface area contributed by atoms with Crippen molar-refractivity contribution in [2.45, 2.75) is 6.42 Å². The quantitative estimate of drug-likeness (QED) is 0.381. The van der Waals surface area contributed by atoms with E-state index in [9.17, 15) is 4.79 Å². The van der Waals surface area contributed by atoms with Gasteiger partial charge < -0.3 is 14.8 Å². The molecule has 0 bridgehead atoms. The summed E-state index contributed by atoms with van der Waals surface area (Å²) in [5.41, 5.74) is 3.47. The van der Waals surface area contributed by atoms with Gasteiger partial charge in [0.25, 0.3) is 5.91 Å². The number of hydrogen-bond donors (Lipinski definition) is 1. The van der Waals surface area contributed by atoms with Crippen LogP contribution < -0.4 is 14.8 Å². The van der Waals surface area contributed by atoms with Crippen LogP contribution in [0.15, 0.2) is 60.9 Å². The summed E-state index contributed by atoms with van der Waals surface area (Å²) in [5, 5.41) is 15.3. The van der Waals surface area contributed by atoms with Gasteiger partial charge in [0, 0.05) is 27.7 Å². The molecule has 174 valence electrons. The molecule has 4 rings (SSSR count). The number of halogens is 2. The van der Waals surface area contributed by atoms with E-state index in [0.717, 1.165) is 5.56 Å². The van der Waals surface area contributed by atoms with Crippen molar-refractivity contribution in [1.82, 2.24) is 25.5 Å². The molecule has 0 aliphatic heterocycles. The van der Waals surface area contributed by atoms with Crippen LogP contribution >= 0.6 is 23.2 Å². The minimum atomic E-state index is -0.241. The zero-order chi connectivity index (χ0) is 24.1. The van der Waals surface area contributed by atoms with Crippen molar-refractivity contribution in [1.29, 1.82) is 0 Å². The molecular weight excluding hydrogens is 477 g/mol. The molecule has 1 N–H and O–H groups in total. The monoisotopic (exact) mass is 497 g/mol. The first-order valence-electron chi connectivity index (χ1n) is 10.3. The number of carbonyl (C=O) groups excluding carboxylic acids is 1. The van der Waals surface area contributed by atoms with Crippen LogP contribution in [0.25, 0.3) is 16.8 Å². The number of carbonyl (C=O) groups is 1. The number of ether oxygens (including phenoxy) is 2. The van der Waals surface area contributed by atoms with E-state index in [2.05, 4.69) is 20.8 Å². The molecule has 0 aliphatic carbocycles. The predicted molar refractivity (Wildman–Crippen MR) is 130 cm³/mol. The van der Waals surface area contributed by atoms with Gasteiger partial charge in [-0.05, 0) is 76.5 Å². The van der Waals surface area contributed by atoms with Gasteiger partial charge in [-0.1, -0.05) is 29.3 Å². The molecule has 10 heteroatoms. The van der Waals surface area contributed by atoms with Gasteiger partial charge in [-0.2, -0.15) is 0 Å². The minimum absolute atomic E-state index is 0.241. The van der Waals surface area contributed by atoms with Crippen LogP contribution in [0.3, 0.4) is 0 Å². The average molecular weight is 498 g/mol. The standard InChI is InChI=1S/C24H21Cl2N5O3/c1-33-22-6-3-15(9-23(22)34-2)7-8-27-24(32)17-10-16(20-13-18(25)4-5-21(20)26)11-19(12-17)31-14-28-29-30-31/h3-6,9-14H,7-8H2,1-2H3,(H,27,32). The fourth-order valence-electron chi connectivity index (χ4n) is 3.49. The van der Waals surface area contributed by atoms with Gasteiger partial charge >= 0.3 is 0 Å². The van der Waals surface area contributed by atoms with E-state index < -0.39 is 0 Å². The maximum atomic E-state index is 13.0. The van der Waals surface area contributed by atoms with E-state index >= 15 is 0 Å². The third kappa shape index (κ3) is 5.30. The van der Waals surface area contributed by atoms with Gasteiger partial charge in [0.05, 0.1) is 19.9 Å². The highest BCUT2D eigenvalue weighted by molar-refractivity contribution is 6.35. The fraction of sp³-hybridized carbons (Fsp3) is 0.167. The van der Waals surface area contributed by atoms with Crippen molar-refractivity contribution in [3.63, 3.8) is 0 Å². The van der Waals surface area contributed by atoms with Gasteiger partial charge in [-0.25, -0.2) is 4.68 Å². The summed E-state index contributed by atoms with van der Waals surface area (Å²) < 4.78 is 12.1. The van der Waals surface area contributed by atoms with E-state index in [4.69, 9.17) is 32.7 Å². The van der Waals surface area contributed by atoms with E-state index in [1.807, 2.05) is 24.3 Å². The lowest BCUT2D eigenvalue weighted by molar-refractivity contribution is 0.0954. The number of methoxy groups -OCH3 is 2. The lowest BCUT2D eigenvalue weighted by atomic mass is 10.0. The number of tetrazole rings is 1. The average Bonchev–Trinajstić information content (AvgIpc) is 3.40.